The standard InChI is InChI=1S/C25H26FN5O/c1-17-6-7-18-14-21(26)8-10-23(18)31(17)25(32)20-5-3-13-30(16-20)24-11-9-22(28-29-24)19-4-2-12-27-15-19/h2,4,8-12,14-15,17,20H,3,5-7,13,16H2,1H3. The van der Waals surface area contributed by atoms with Crippen molar-refractivity contribution in [3.8, 4) is 11.3 Å². The van der Waals surface area contributed by atoms with Crippen molar-refractivity contribution in [3.63, 3.8) is 0 Å². The Bertz CT molecular complexity index is 1110. The van der Waals surface area contributed by atoms with Gasteiger partial charge in [-0.15, -0.1) is 10.2 Å². The van der Waals surface area contributed by atoms with Crippen LogP contribution in [0.5, 0.6) is 0 Å². The van der Waals surface area contributed by atoms with Crippen molar-refractivity contribution in [3.05, 3.63) is 66.2 Å². The van der Waals surface area contributed by atoms with Crippen LogP contribution in [0.15, 0.2) is 54.9 Å². The molecule has 3 aromatic rings. The van der Waals surface area contributed by atoms with E-state index in [0.29, 0.717) is 6.54 Å². The van der Waals surface area contributed by atoms with Gasteiger partial charge in [0.2, 0.25) is 5.91 Å². The van der Waals surface area contributed by atoms with Gasteiger partial charge in [0.25, 0.3) is 0 Å². The van der Waals surface area contributed by atoms with E-state index in [2.05, 4.69) is 27.0 Å². The molecule has 5 rings (SSSR count). The maximum Gasteiger partial charge on any atom is 0.232 e. The number of hydrogen-bond donors (Lipinski definition) is 0. The molecule has 7 heteroatoms. The minimum absolute atomic E-state index is 0.106. The van der Waals surface area contributed by atoms with Crippen LogP contribution in [0.3, 0.4) is 0 Å². The summed E-state index contributed by atoms with van der Waals surface area (Å²) in [7, 11) is 0. The summed E-state index contributed by atoms with van der Waals surface area (Å²) in [5.41, 5.74) is 3.47. The van der Waals surface area contributed by atoms with Crippen molar-refractivity contribution < 1.29 is 9.18 Å². The molecule has 2 aromatic heterocycles. The van der Waals surface area contributed by atoms with Gasteiger partial charge < -0.3 is 9.80 Å². The molecule has 2 unspecified atom stereocenters. The average molecular weight is 432 g/mol. The molecule has 2 aliphatic rings. The number of aromatic nitrogens is 3. The van der Waals surface area contributed by atoms with E-state index in [-0.39, 0.29) is 23.7 Å². The second-order valence-corrected chi connectivity index (χ2v) is 8.67. The van der Waals surface area contributed by atoms with Crippen LogP contribution < -0.4 is 9.80 Å². The van der Waals surface area contributed by atoms with Crippen LogP contribution in [0.2, 0.25) is 0 Å². The Morgan fingerprint density at radius 1 is 1.12 bits per heavy atom. The summed E-state index contributed by atoms with van der Waals surface area (Å²) in [5, 5.41) is 8.80. The molecule has 4 heterocycles. The summed E-state index contributed by atoms with van der Waals surface area (Å²) in [5.74, 6) is 0.531. The van der Waals surface area contributed by atoms with Crippen molar-refractivity contribution in [2.75, 3.05) is 22.9 Å². The molecule has 0 saturated carbocycles. The van der Waals surface area contributed by atoms with Gasteiger partial charge in [0.1, 0.15) is 5.82 Å². The van der Waals surface area contributed by atoms with Gasteiger partial charge >= 0.3 is 0 Å². The van der Waals surface area contributed by atoms with Crippen LogP contribution in [0.4, 0.5) is 15.9 Å². The molecule has 2 aliphatic heterocycles. The number of pyridine rings is 1. The Balaban J connectivity index is 1.34. The van der Waals surface area contributed by atoms with Crippen molar-refractivity contribution >= 4 is 17.4 Å². The van der Waals surface area contributed by atoms with Crippen molar-refractivity contribution in [2.45, 2.75) is 38.6 Å². The molecule has 0 radical (unpaired) electrons. The molecule has 0 spiro atoms. The van der Waals surface area contributed by atoms with Crippen molar-refractivity contribution in [1.82, 2.24) is 15.2 Å². The lowest BCUT2D eigenvalue weighted by atomic mass is 9.91. The first kappa shape index (κ1) is 20.5. The fourth-order valence-corrected chi connectivity index (χ4v) is 4.80. The molecule has 1 fully saturated rings. The number of carbonyl (C=O) groups excluding carboxylic acids is 1. The smallest absolute Gasteiger partial charge is 0.232 e. The van der Waals surface area contributed by atoms with Crippen molar-refractivity contribution in [1.29, 1.82) is 0 Å². The molecule has 1 aromatic carbocycles. The average Bonchev–Trinajstić information content (AvgIpc) is 2.84. The molecule has 0 bridgehead atoms. The minimum atomic E-state index is -0.247. The Hall–Kier alpha value is -3.35. The van der Waals surface area contributed by atoms with Gasteiger partial charge in [-0.05, 0) is 80.6 Å². The second-order valence-electron chi connectivity index (χ2n) is 8.67. The largest absolute Gasteiger partial charge is 0.354 e. The highest BCUT2D eigenvalue weighted by Gasteiger charge is 2.35. The monoisotopic (exact) mass is 431 g/mol. The lowest BCUT2D eigenvalue weighted by Crippen LogP contribution is -2.49. The highest BCUT2D eigenvalue weighted by Crippen LogP contribution is 2.34. The number of benzene rings is 1. The summed E-state index contributed by atoms with van der Waals surface area (Å²) < 4.78 is 13.7. The number of anilines is 2. The van der Waals surface area contributed by atoms with E-state index in [1.54, 1.807) is 24.5 Å². The van der Waals surface area contributed by atoms with Gasteiger partial charge in [0, 0.05) is 42.8 Å². The van der Waals surface area contributed by atoms with Crippen LogP contribution in [-0.4, -0.2) is 40.2 Å². The van der Waals surface area contributed by atoms with Gasteiger partial charge in [-0.1, -0.05) is 0 Å². The number of rotatable bonds is 3. The van der Waals surface area contributed by atoms with Gasteiger partial charge in [0.05, 0.1) is 11.6 Å². The SMILES string of the molecule is CC1CCc2cc(F)ccc2N1C(=O)C1CCCN(c2ccc(-c3cccnc3)nn2)C1. The molecule has 1 amide bonds. The Morgan fingerprint density at radius 3 is 2.81 bits per heavy atom. The normalized spacial score (nSPS) is 20.7. The van der Waals surface area contributed by atoms with E-state index >= 15 is 0 Å². The molecular weight excluding hydrogens is 405 g/mol. The van der Waals surface area contributed by atoms with Crippen LogP contribution in [0, 0.1) is 11.7 Å². The van der Waals surface area contributed by atoms with E-state index in [9.17, 15) is 9.18 Å². The number of carbonyl (C=O) groups is 1. The van der Waals surface area contributed by atoms with Gasteiger partial charge in [-0.25, -0.2) is 4.39 Å². The third-order valence-electron chi connectivity index (χ3n) is 6.51. The van der Waals surface area contributed by atoms with Crippen LogP contribution >= 0.6 is 0 Å². The number of piperidine rings is 1. The number of hydrogen-bond acceptors (Lipinski definition) is 5. The van der Waals surface area contributed by atoms with E-state index in [1.807, 2.05) is 29.2 Å². The van der Waals surface area contributed by atoms with Gasteiger partial charge in [-0.2, -0.15) is 0 Å². The molecular formula is C25H26FN5O. The fraction of sp³-hybridized carbons (Fsp3) is 0.360. The summed E-state index contributed by atoms with van der Waals surface area (Å²) in [6.07, 6.45) is 6.90. The number of halogens is 1. The summed E-state index contributed by atoms with van der Waals surface area (Å²) in [4.78, 5) is 21.8. The molecule has 32 heavy (non-hydrogen) atoms. The Kier molecular flexibility index (Phi) is 5.55. The van der Waals surface area contributed by atoms with Crippen LogP contribution in [0.1, 0.15) is 31.7 Å². The van der Waals surface area contributed by atoms with E-state index in [4.69, 9.17) is 0 Å². The molecule has 0 N–H and O–H groups in total. The van der Waals surface area contributed by atoms with E-state index < -0.39 is 0 Å². The quantitative estimate of drug-likeness (QED) is 0.620. The molecule has 1 saturated heterocycles. The molecule has 2 atom stereocenters. The van der Waals surface area contributed by atoms with Crippen LogP contribution in [0.25, 0.3) is 11.3 Å². The number of nitrogens with zero attached hydrogens (tertiary/aromatic N) is 5. The number of aryl methyl sites for hydroxylation is 1. The zero-order valence-corrected chi connectivity index (χ0v) is 18.1. The second kappa shape index (κ2) is 8.65. The Morgan fingerprint density at radius 2 is 2.03 bits per heavy atom. The van der Waals surface area contributed by atoms with Crippen LogP contribution in [-0.2, 0) is 11.2 Å². The lowest BCUT2D eigenvalue weighted by molar-refractivity contribution is -0.123. The molecule has 0 aliphatic carbocycles. The maximum atomic E-state index is 13.7. The molecule has 164 valence electrons. The third kappa shape index (κ3) is 3.95. The van der Waals surface area contributed by atoms with E-state index in [1.165, 1.54) is 6.07 Å². The highest BCUT2D eigenvalue weighted by molar-refractivity contribution is 5.97. The maximum absolute atomic E-state index is 13.7. The zero-order valence-electron chi connectivity index (χ0n) is 18.1. The minimum Gasteiger partial charge on any atom is -0.354 e. The first-order valence-electron chi connectivity index (χ1n) is 11.2. The summed E-state index contributed by atoms with van der Waals surface area (Å²) in [6.45, 7) is 3.54. The third-order valence-corrected chi connectivity index (χ3v) is 6.51. The number of fused-ring (bicyclic) bond motifs is 1. The predicted molar refractivity (Wildman–Crippen MR) is 122 cm³/mol. The zero-order chi connectivity index (χ0) is 22.1. The fourth-order valence-electron chi connectivity index (χ4n) is 4.80. The topological polar surface area (TPSA) is 62.2 Å². The first-order chi connectivity index (χ1) is 15.6. The predicted octanol–water partition coefficient (Wildman–Crippen LogP) is 4.26. The summed E-state index contributed by atoms with van der Waals surface area (Å²) >= 11 is 0. The highest BCUT2D eigenvalue weighted by atomic mass is 19.1. The first-order valence-corrected chi connectivity index (χ1v) is 11.2. The lowest BCUT2D eigenvalue weighted by Gasteiger charge is -2.40. The summed E-state index contributed by atoms with van der Waals surface area (Å²) in [6, 6.07) is 12.6. The molecule has 6 nitrogen and oxygen atoms in total. The number of amides is 1. The van der Waals surface area contributed by atoms with E-state index in [0.717, 1.165) is 60.6 Å². The van der Waals surface area contributed by atoms with Crippen molar-refractivity contribution in [2.24, 2.45) is 5.92 Å². The Labute approximate surface area is 187 Å². The van der Waals surface area contributed by atoms with Gasteiger partial charge in [0.15, 0.2) is 5.82 Å². The van der Waals surface area contributed by atoms with Gasteiger partial charge in [-0.3, -0.25) is 9.78 Å².